The smallest absolute Gasteiger partial charge is 0.406 e. The number of hydrazine groups is 1. The minimum Gasteiger partial charge on any atom is -0.464 e. The first-order valence-electron chi connectivity index (χ1n) is 27.3. The number of hydrogen-bond acceptors (Lipinski definition) is 11. The van der Waals surface area contributed by atoms with Gasteiger partial charge in [-0.3, -0.25) is 34.0 Å². The number of fused-ring (bicyclic) bond motifs is 6. The van der Waals surface area contributed by atoms with Crippen LogP contribution in [0.25, 0.3) is 33.3 Å². The Bertz CT molecular complexity index is 2980. The van der Waals surface area contributed by atoms with Crippen molar-refractivity contribution in [1.82, 2.24) is 40.0 Å². The lowest BCUT2D eigenvalue weighted by atomic mass is 9.84. The molecule has 2 aromatic heterocycles. The van der Waals surface area contributed by atoms with E-state index in [1.807, 2.05) is 27.0 Å². The quantitative estimate of drug-likeness (QED) is 0.0602. The Morgan fingerprint density at radius 3 is 2.40 bits per heavy atom. The third kappa shape index (κ3) is 13.2. The molecule has 4 amide bonds. The van der Waals surface area contributed by atoms with Gasteiger partial charge in [-0.25, -0.2) is 14.2 Å². The summed E-state index contributed by atoms with van der Waals surface area (Å²) in [6.45, 7) is 14.5. The number of benzene rings is 2. The fourth-order valence-electron chi connectivity index (χ4n) is 11.7. The Kier molecular flexibility index (Phi) is 18.3. The number of carbonyl (C=O) groups is 5. The Balaban J connectivity index is 1.26. The number of esters is 1. The number of halogens is 5. The molecule has 0 saturated carbocycles. The Morgan fingerprint density at radius 2 is 1.74 bits per heavy atom. The van der Waals surface area contributed by atoms with Crippen molar-refractivity contribution in [1.29, 1.82) is 0 Å². The maximum Gasteiger partial charge on any atom is 0.406 e. The summed E-state index contributed by atoms with van der Waals surface area (Å²) in [7, 11) is 8.71. The number of hydrogen-bond donors (Lipinski definition) is 2. The standard InChI is InChI=1S/C58H73F5N9O7Si/c1-10-47(73)70-17-15-37(30-70)54(75)68(8)49(33(2)3)52(74)65-53(80)43-24-35-22-38(25-39(23-35)51(59)60)36-13-14-46-41(26-36)44(28-57(5,6)32-79-56(77)45-12-11-16-72(66-45)55(43)76)50(71(46)31-58(61,62)63)42-27-40(29-64-48(42)34(4)78-9)69-20-18-67(7)19-21-69/h10,13-14,22-23,25-27,29,33-34,37,43,45,49,51,53,66H,1,11-12,15-21,24,28,30-32H2,2-9H3,(H,65,74)/t34-,37-,43+,45-,49-,53?/m0/s1. The molecule has 3 fully saturated rings. The molecule has 4 aliphatic rings. The number of likely N-dealkylation sites (N-methyl/N-ethyl adjacent to an activating group) is 2. The number of amides is 4. The fraction of sp³-hybridized carbons (Fsp3) is 0.552. The second-order valence-electron chi connectivity index (χ2n) is 23.0. The van der Waals surface area contributed by atoms with E-state index in [0.717, 1.165) is 18.8 Å². The van der Waals surface area contributed by atoms with Gasteiger partial charge in [0.1, 0.15) is 18.6 Å². The summed E-state index contributed by atoms with van der Waals surface area (Å²) in [5.74, 6) is -4.71. The van der Waals surface area contributed by atoms with Gasteiger partial charge in [0.15, 0.2) is 0 Å². The van der Waals surface area contributed by atoms with E-state index in [2.05, 4.69) is 37.4 Å². The zero-order valence-corrected chi connectivity index (χ0v) is 47.8. The molecule has 80 heavy (non-hydrogen) atoms. The number of piperazine rings is 1. The second kappa shape index (κ2) is 24.5. The normalized spacial score (nSPS) is 21.6. The predicted molar refractivity (Wildman–Crippen MR) is 294 cm³/mol. The van der Waals surface area contributed by atoms with Crippen LogP contribution in [-0.2, 0) is 52.8 Å². The van der Waals surface area contributed by atoms with Crippen molar-refractivity contribution in [2.75, 3.05) is 78.5 Å². The number of methoxy groups -OCH3 is 1. The van der Waals surface area contributed by atoms with Crippen LogP contribution in [0.1, 0.15) is 88.8 Å². The van der Waals surface area contributed by atoms with Crippen LogP contribution in [0.15, 0.2) is 61.3 Å². The number of pyridine rings is 1. The Hall–Kier alpha value is -6.23. The average molecular weight is 1130 g/mol. The number of carbonyl (C=O) groups excluding carboxylic acids is 5. The highest BCUT2D eigenvalue weighted by atomic mass is 28.1. The van der Waals surface area contributed by atoms with E-state index >= 15 is 26.7 Å². The number of likely N-dealkylation sites (tertiary alicyclic amines) is 1. The molecule has 0 spiro atoms. The number of alkyl halides is 5. The Morgan fingerprint density at radius 1 is 1.01 bits per heavy atom. The van der Waals surface area contributed by atoms with Crippen LogP contribution in [0.3, 0.4) is 0 Å². The van der Waals surface area contributed by atoms with E-state index in [1.54, 1.807) is 51.2 Å². The van der Waals surface area contributed by atoms with Crippen LogP contribution < -0.4 is 15.6 Å². The van der Waals surface area contributed by atoms with Gasteiger partial charge in [0.25, 0.3) is 6.43 Å². The first-order chi connectivity index (χ1) is 37.8. The zero-order chi connectivity index (χ0) is 58.1. The van der Waals surface area contributed by atoms with Gasteiger partial charge in [-0.05, 0) is 105 Å². The van der Waals surface area contributed by atoms with E-state index in [9.17, 15) is 19.2 Å². The molecule has 6 bridgehead atoms. The number of ether oxygens (including phenoxy) is 2. The van der Waals surface area contributed by atoms with Gasteiger partial charge in [-0.15, -0.1) is 0 Å². The number of anilines is 1. The van der Waals surface area contributed by atoms with Crippen LogP contribution in [0, 0.1) is 23.2 Å². The summed E-state index contributed by atoms with van der Waals surface area (Å²) < 4.78 is 89.0. The van der Waals surface area contributed by atoms with Gasteiger partial charge in [0.05, 0.1) is 58.1 Å². The summed E-state index contributed by atoms with van der Waals surface area (Å²) in [4.78, 5) is 82.1. The molecular formula is C58H73F5N9O7Si. The summed E-state index contributed by atoms with van der Waals surface area (Å²) in [5, 5.41) is 4.61. The fourth-order valence-corrected chi connectivity index (χ4v) is 12.1. The molecule has 3 saturated heterocycles. The van der Waals surface area contributed by atoms with Crippen molar-refractivity contribution in [3.05, 3.63) is 83.7 Å². The molecule has 16 nitrogen and oxygen atoms in total. The third-order valence-electron chi connectivity index (χ3n) is 16.0. The molecule has 8 rings (SSSR count). The topological polar surface area (TPSA) is 162 Å². The molecule has 2 N–H and O–H groups in total. The van der Waals surface area contributed by atoms with Gasteiger partial charge in [-0.2, -0.15) is 13.2 Å². The Labute approximate surface area is 467 Å². The minimum absolute atomic E-state index is 0.0857. The van der Waals surface area contributed by atoms with Crippen LogP contribution >= 0.6 is 0 Å². The van der Waals surface area contributed by atoms with Crippen molar-refractivity contribution in [2.45, 2.75) is 110 Å². The van der Waals surface area contributed by atoms with E-state index in [1.165, 1.54) is 51.7 Å². The van der Waals surface area contributed by atoms with Crippen molar-refractivity contribution in [3.63, 3.8) is 0 Å². The number of rotatable bonds is 13. The second-order valence-corrected chi connectivity index (χ2v) is 23.6. The van der Waals surface area contributed by atoms with E-state index in [0.29, 0.717) is 65.8 Å². The van der Waals surface area contributed by atoms with Gasteiger partial charge >= 0.3 is 12.1 Å². The predicted octanol–water partition coefficient (Wildman–Crippen LogP) is 7.24. The number of nitrogens with one attached hydrogen (secondary N) is 2. The summed E-state index contributed by atoms with van der Waals surface area (Å²) in [6.07, 6.45) is -4.55. The zero-order valence-electron chi connectivity index (χ0n) is 46.8. The van der Waals surface area contributed by atoms with Crippen LogP contribution in [-0.4, -0.2) is 167 Å². The van der Waals surface area contributed by atoms with Crippen molar-refractivity contribution < 1.29 is 55.4 Å². The van der Waals surface area contributed by atoms with Crippen molar-refractivity contribution in [3.8, 4) is 22.4 Å². The minimum atomic E-state index is -4.71. The maximum atomic E-state index is 15.2. The monoisotopic (exact) mass is 1130 g/mol. The van der Waals surface area contributed by atoms with Crippen molar-refractivity contribution >= 4 is 56.4 Å². The first-order valence-corrected chi connectivity index (χ1v) is 27.9. The van der Waals surface area contributed by atoms with Gasteiger partial charge in [0.2, 0.25) is 23.6 Å². The molecule has 431 valence electrons. The van der Waals surface area contributed by atoms with E-state index in [4.69, 9.17) is 14.5 Å². The molecule has 2 aromatic carbocycles. The summed E-state index contributed by atoms with van der Waals surface area (Å²) in [5.41, 5.74) is 4.02. The van der Waals surface area contributed by atoms with Crippen molar-refractivity contribution in [2.24, 2.45) is 23.2 Å². The SMILES string of the molecule is C=CC(=O)N1CC[C@H](C(=O)N(C)[C@H](C(=O)NC([Si])[C@H]2Cc3cc(cc(C(F)F)c3)-c3ccc4c(c3)c(c(-c3cc(N5CCN(C)CC5)cnc3[C@H](C)OC)n4CC(F)(F)F)CC(C)(C)COC(=O)[C@@H]3CCCN(N3)C2=O)C(C)C)C1. The van der Waals surface area contributed by atoms with Crippen LogP contribution in [0.5, 0.6) is 0 Å². The van der Waals surface area contributed by atoms with E-state index < -0.39 is 84.0 Å². The lowest BCUT2D eigenvalue weighted by Crippen LogP contribution is -2.60. The molecular weight excluding hydrogens is 1060 g/mol. The molecule has 22 heteroatoms. The molecule has 6 atom stereocenters. The van der Waals surface area contributed by atoms with Gasteiger partial charge in [-0.1, -0.05) is 52.5 Å². The largest absolute Gasteiger partial charge is 0.464 e. The molecule has 6 heterocycles. The lowest BCUT2D eigenvalue weighted by molar-refractivity contribution is -0.155. The number of nitrogens with zero attached hydrogens (tertiary/aromatic N) is 7. The number of cyclic esters (lactones) is 1. The summed E-state index contributed by atoms with van der Waals surface area (Å²) in [6, 6.07) is 8.95. The highest BCUT2D eigenvalue weighted by Gasteiger charge is 2.42. The highest BCUT2D eigenvalue weighted by molar-refractivity contribution is 6.15. The van der Waals surface area contributed by atoms with E-state index in [-0.39, 0.29) is 73.1 Å². The third-order valence-corrected chi connectivity index (χ3v) is 16.6. The van der Waals surface area contributed by atoms with Crippen LogP contribution in [0.2, 0.25) is 0 Å². The number of aromatic nitrogens is 2. The van der Waals surface area contributed by atoms with Gasteiger partial charge in [0, 0.05) is 93.1 Å². The average Bonchev–Trinajstić information content (AvgIpc) is 4.03. The maximum absolute atomic E-state index is 15.2. The van der Waals surface area contributed by atoms with Gasteiger partial charge < -0.3 is 39.0 Å². The molecule has 3 radical (unpaired) electrons. The highest BCUT2D eigenvalue weighted by Crippen LogP contribution is 2.44. The molecule has 1 unspecified atom stereocenters. The van der Waals surface area contributed by atoms with Crippen LogP contribution in [0.4, 0.5) is 27.6 Å². The lowest BCUT2D eigenvalue weighted by Gasteiger charge is -2.38. The molecule has 4 aromatic rings. The first kappa shape index (κ1) is 59.9. The molecule has 4 aliphatic heterocycles. The summed E-state index contributed by atoms with van der Waals surface area (Å²) >= 11 is 0. The molecule has 0 aliphatic carbocycles.